The van der Waals surface area contributed by atoms with Gasteiger partial charge in [0.2, 0.25) is 0 Å². The lowest BCUT2D eigenvalue weighted by Crippen LogP contribution is -2.15. The van der Waals surface area contributed by atoms with Crippen LogP contribution in [0.15, 0.2) is 57.5 Å². The number of aryl methyl sites for hydroxylation is 1. The molecular formula is C22H17Br2NO2S. The van der Waals surface area contributed by atoms with Crippen molar-refractivity contribution in [1.82, 2.24) is 0 Å². The van der Waals surface area contributed by atoms with Gasteiger partial charge in [-0.15, -0.1) is 11.3 Å². The second-order valence-corrected chi connectivity index (χ2v) is 9.65. The number of fused-ring (bicyclic) bond motifs is 1. The molecule has 3 nitrogen and oxygen atoms in total. The summed E-state index contributed by atoms with van der Waals surface area (Å²) in [6.07, 6.45) is 4.05. The molecule has 2 aromatic carbocycles. The second-order valence-electron chi connectivity index (χ2n) is 6.71. The average molecular weight is 519 g/mol. The lowest BCUT2D eigenvalue weighted by atomic mass is 9.92. The number of ketones is 1. The van der Waals surface area contributed by atoms with Crippen molar-refractivity contribution in [1.29, 1.82) is 0 Å². The minimum atomic E-state index is -0.198. The fourth-order valence-electron chi connectivity index (χ4n) is 3.42. The van der Waals surface area contributed by atoms with Gasteiger partial charge < -0.3 is 5.32 Å². The average Bonchev–Trinajstić information content (AvgIpc) is 3.06. The van der Waals surface area contributed by atoms with Gasteiger partial charge in [-0.05, 0) is 79.8 Å². The van der Waals surface area contributed by atoms with Gasteiger partial charge in [-0.25, -0.2) is 0 Å². The third kappa shape index (κ3) is 4.00. The molecule has 0 saturated heterocycles. The van der Waals surface area contributed by atoms with Crippen molar-refractivity contribution in [3.05, 3.63) is 84.6 Å². The Kier molecular flexibility index (Phi) is 5.80. The highest BCUT2D eigenvalue weighted by Crippen LogP contribution is 2.39. The van der Waals surface area contributed by atoms with Gasteiger partial charge in [0.1, 0.15) is 5.00 Å². The predicted octanol–water partition coefficient (Wildman–Crippen LogP) is 6.64. The highest BCUT2D eigenvalue weighted by Gasteiger charge is 2.27. The Balaban J connectivity index is 1.71. The largest absolute Gasteiger partial charge is 0.313 e. The number of hydrogen-bond donors (Lipinski definition) is 1. The molecule has 4 rings (SSSR count). The lowest BCUT2D eigenvalue weighted by molar-refractivity contribution is 0.102. The lowest BCUT2D eigenvalue weighted by Gasteiger charge is -2.13. The summed E-state index contributed by atoms with van der Waals surface area (Å²) in [5, 5.41) is 3.66. The molecule has 0 atom stereocenters. The monoisotopic (exact) mass is 517 g/mol. The molecule has 0 bridgehead atoms. The van der Waals surface area contributed by atoms with Crippen molar-refractivity contribution in [3.8, 4) is 0 Å². The second kappa shape index (κ2) is 8.31. The van der Waals surface area contributed by atoms with E-state index in [1.807, 2.05) is 36.4 Å². The molecule has 0 saturated carbocycles. The zero-order chi connectivity index (χ0) is 19.7. The molecule has 1 amide bonds. The zero-order valence-electron chi connectivity index (χ0n) is 14.9. The SMILES string of the molecule is O=C(Nc1sc2c(c1C(=O)c1ccc(Br)cc1)CCCC2)c1ccc(Br)cc1. The highest BCUT2D eigenvalue weighted by atomic mass is 79.9. The van der Waals surface area contributed by atoms with E-state index in [2.05, 4.69) is 37.2 Å². The Bertz CT molecular complexity index is 1040. The molecule has 1 heterocycles. The number of halogens is 2. The quantitative estimate of drug-likeness (QED) is 0.394. The van der Waals surface area contributed by atoms with E-state index in [-0.39, 0.29) is 11.7 Å². The van der Waals surface area contributed by atoms with E-state index in [4.69, 9.17) is 0 Å². The molecule has 6 heteroatoms. The molecule has 3 aromatic rings. The summed E-state index contributed by atoms with van der Waals surface area (Å²) in [4.78, 5) is 27.3. The molecule has 0 fully saturated rings. The number of carbonyl (C=O) groups is 2. The van der Waals surface area contributed by atoms with E-state index in [1.54, 1.807) is 23.5 Å². The van der Waals surface area contributed by atoms with Crippen LogP contribution >= 0.6 is 43.2 Å². The van der Waals surface area contributed by atoms with Gasteiger partial charge in [0.15, 0.2) is 5.78 Å². The maximum absolute atomic E-state index is 13.3. The smallest absolute Gasteiger partial charge is 0.256 e. The van der Waals surface area contributed by atoms with Crippen LogP contribution < -0.4 is 5.32 Å². The van der Waals surface area contributed by atoms with Crippen LogP contribution in [0.4, 0.5) is 5.00 Å². The molecule has 0 aliphatic heterocycles. The van der Waals surface area contributed by atoms with Crippen molar-refractivity contribution >= 4 is 59.9 Å². The Morgan fingerprint density at radius 3 is 2.04 bits per heavy atom. The summed E-state index contributed by atoms with van der Waals surface area (Å²) >= 11 is 8.34. The maximum Gasteiger partial charge on any atom is 0.256 e. The van der Waals surface area contributed by atoms with Crippen LogP contribution in [0.25, 0.3) is 0 Å². The minimum absolute atomic E-state index is 0.0296. The van der Waals surface area contributed by atoms with Gasteiger partial charge in [0.25, 0.3) is 5.91 Å². The summed E-state index contributed by atoms with van der Waals surface area (Å²) in [5.74, 6) is -0.228. The van der Waals surface area contributed by atoms with Crippen molar-refractivity contribution < 1.29 is 9.59 Å². The first-order valence-corrected chi connectivity index (χ1v) is 11.4. The van der Waals surface area contributed by atoms with Gasteiger partial charge >= 0.3 is 0 Å². The normalized spacial score (nSPS) is 13.1. The van der Waals surface area contributed by atoms with Crippen LogP contribution in [-0.4, -0.2) is 11.7 Å². The first kappa shape index (κ1) is 19.6. The van der Waals surface area contributed by atoms with Crippen LogP contribution in [0, 0.1) is 0 Å². The first-order chi connectivity index (χ1) is 13.5. The van der Waals surface area contributed by atoms with E-state index in [0.717, 1.165) is 40.2 Å². The van der Waals surface area contributed by atoms with E-state index in [9.17, 15) is 9.59 Å². The van der Waals surface area contributed by atoms with Gasteiger partial charge in [-0.3, -0.25) is 9.59 Å². The van der Waals surface area contributed by atoms with Crippen LogP contribution in [0.5, 0.6) is 0 Å². The minimum Gasteiger partial charge on any atom is -0.313 e. The first-order valence-electron chi connectivity index (χ1n) is 9.04. The molecule has 0 radical (unpaired) electrons. The van der Waals surface area contributed by atoms with Crippen molar-refractivity contribution in [3.63, 3.8) is 0 Å². The zero-order valence-corrected chi connectivity index (χ0v) is 18.9. The predicted molar refractivity (Wildman–Crippen MR) is 121 cm³/mol. The van der Waals surface area contributed by atoms with Gasteiger partial charge in [0.05, 0.1) is 5.56 Å². The van der Waals surface area contributed by atoms with E-state index >= 15 is 0 Å². The Morgan fingerprint density at radius 1 is 0.821 bits per heavy atom. The summed E-state index contributed by atoms with van der Waals surface area (Å²) < 4.78 is 1.85. The third-order valence-corrected chi connectivity index (χ3v) is 7.10. The summed E-state index contributed by atoms with van der Waals surface area (Å²) in [5.41, 5.74) is 2.97. The Labute approximate surface area is 184 Å². The summed E-state index contributed by atoms with van der Waals surface area (Å²) in [6, 6.07) is 14.6. The number of hydrogen-bond acceptors (Lipinski definition) is 3. The van der Waals surface area contributed by atoms with Gasteiger partial charge in [0, 0.05) is 24.9 Å². The number of carbonyl (C=O) groups excluding carboxylic acids is 2. The standard InChI is InChI=1S/C22H17Br2NO2S/c23-15-9-5-13(6-10-15)20(26)19-17-3-1-2-4-18(17)28-22(19)25-21(27)14-7-11-16(24)12-8-14/h5-12H,1-4H2,(H,25,27). The Morgan fingerprint density at radius 2 is 1.39 bits per heavy atom. The highest BCUT2D eigenvalue weighted by molar-refractivity contribution is 9.10. The molecule has 1 N–H and O–H groups in total. The fraction of sp³-hybridized carbons (Fsp3) is 0.182. The van der Waals surface area contributed by atoms with E-state index in [1.165, 1.54) is 4.88 Å². The molecular weight excluding hydrogens is 502 g/mol. The number of thiophene rings is 1. The third-order valence-electron chi connectivity index (χ3n) is 4.84. The van der Waals surface area contributed by atoms with Crippen molar-refractivity contribution in [2.45, 2.75) is 25.7 Å². The molecule has 1 aliphatic carbocycles. The maximum atomic E-state index is 13.3. The molecule has 0 unspecified atom stereocenters. The molecule has 142 valence electrons. The van der Waals surface area contributed by atoms with Crippen LogP contribution in [0.3, 0.4) is 0 Å². The Hall–Kier alpha value is -1.76. The van der Waals surface area contributed by atoms with Gasteiger partial charge in [-0.1, -0.05) is 31.9 Å². The topological polar surface area (TPSA) is 46.2 Å². The van der Waals surface area contributed by atoms with Crippen LogP contribution in [-0.2, 0) is 12.8 Å². The van der Waals surface area contributed by atoms with E-state index < -0.39 is 0 Å². The molecule has 1 aromatic heterocycles. The number of benzene rings is 2. The fourth-order valence-corrected chi connectivity index (χ4v) is 5.23. The van der Waals surface area contributed by atoms with Gasteiger partial charge in [-0.2, -0.15) is 0 Å². The molecule has 28 heavy (non-hydrogen) atoms. The van der Waals surface area contributed by atoms with Crippen LogP contribution in [0.2, 0.25) is 0 Å². The van der Waals surface area contributed by atoms with E-state index in [0.29, 0.717) is 21.7 Å². The summed E-state index contributed by atoms with van der Waals surface area (Å²) in [7, 11) is 0. The number of amides is 1. The summed E-state index contributed by atoms with van der Waals surface area (Å²) in [6.45, 7) is 0. The number of anilines is 1. The molecule has 0 spiro atoms. The van der Waals surface area contributed by atoms with Crippen molar-refractivity contribution in [2.24, 2.45) is 0 Å². The van der Waals surface area contributed by atoms with Crippen LogP contribution in [0.1, 0.15) is 49.6 Å². The number of rotatable bonds is 4. The molecule has 1 aliphatic rings. The van der Waals surface area contributed by atoms with Crippen molar-refractivity contribution in [2.75, 3.05) is 5.32 Å². The number of nitrogens with one attached hydrogen (secondary N) is 1.